The van der Waals surface area contributed by atoms with Gasteiger partial charge in [0.25, 0.3) is 0 Å². The Morgan fingerprint density at radius 1 is 1.42 bits per heavy atom. The Kier molecular flexibility index (Phi) is 4.61. The number of nitrogens with two attached hydrogens (primary N) is 1. The highest BCUT2D eigenvalue weighted by Crippen LogP contribution is 2.40. The zero-order valence-corrected chi connectivity index (χ0v) is 12.6. The molecule has 0 aromatic carbocycles. The van der Waals surface area contributed by atoms with E-state index in [4.69, 9.17) is 5.73 Å². The van der Waals surface area contributed by atoms with Gasteiger partial charge in [0.1, 0.15) is 12.2 Å². The van der Waals surface area contributed by atoms with Crippen molar-refractivity contribution in [1.29, 1.82) is 0 Å². The predicted molar refractivity (Wildman–Crippen MR) is 77.7 cm³/mol. The van der Waals surface area contributed by atoms with E-state index in [9.17, 15) is 0 Å². The third-order valence-corrected chi connectivity index (χ3v) is 4.53. The largest absolute Gasteiger partial charge is 0.330 e. The van der Waals surface area contributed by atoms with E-state index in [1.54, 1.807) is 6.33 Å². The van der Waals surface area contributed by atoms with Crippen molar-refractivity contribution >= 4 is 0 Å². The van der Waals surface area contributed by atoms with Crippen molar-refractivity contribution in [2.45, 2.75) is 59.4 Å². The molecule has 1 heterocycles. The molecule has 2 rings (SSSR count). The van der Waals surface area contributed by atoms with Gasteiger partial charge in [-0.05, 0) is 36.6 Å². The molecule has 0 aliphatic heterocycles. The van der Waals surface area contributed by atoms with E-state index in [1.165, 1.54) is 25.7 Å². The van der Waals surface area contributed by atoms with Crippen molar-refractivity contribution in [2.24, 2.45) is 23.0 Å². The van der Waals surface area contributed by atoms with Crippen LogP contribution in [0.25, 0.3) is 0 Å². The highest BCUT2D eigenvalue weighted by molar-refractivity contribution is 4.97. The molecule has 2 N–H and O–H groups in total. The second kappa shape index (κ2) is 6.04. The minimum atomic E-state index is 0.258. The first-order valence-electron chi connectivity index (χ1n) is 7.61. The molecular weight excluding hydrogens is 236 g/mol. The lowest BCUT2D eigenvalue weighted by Crippen LogP contribution is -2.37. The summed E-state index contributed by atoms with van der Waals surface area (Å²) in [5, 5.41) is 4.37. The van der Waals surface area contributed by atoms with Crippen LogP contribution in [0.4, 0.5) is 0 Å². The molecular formula is C15H28N4. The molecule has 1 aromatic rings. The standard InChI is InChI=1S/C15H28N4/c1-12(2)9-19-14(17-11-18-19)8-15(10-16)6-4-13(3)5-7-15/h11-13H,4-10,16H2,1-3H3. The van der Waals surface area contributed by atoms with Crippen molar-refractivity contribution in [2.75, 3.05) is 6.54 Å². The maximum Gasteiger partial charge on any atom is 0.138 e. The van der Waals surface area contributed by atoms with Crippen LogP contribution in [-0.4, -0.2) is 21.3 Å². The van der Waals surface area contributed by atoms with Gasteiger partial charge in [-0.3, -0.25) is 0 Å². The van der Waals surface area contributed by atoms with Gasteiger partial charge in [0.15, 0.2) is 0 Å². The summed E-state index contributed by atoms with van der Waals surface area (Å²) in [6, 6.07) is 0. The zero-order chi connectivity index (χ0) is 13.9. The Balaban J connectivity index is 2.08. The summed E-state index contributed by atoms with van der Waals surface area (Å²) in [5.74, 6) is 2.57. The van der Waals surface area contributed by atoms with Crippen molar-refractivity contribution < 1.29 is 0 Å². The first kappa shape index (κ1) is 14.5. The molecule has 1 saturated carbocycles. The molecule has 4 nitrogen and oxygen atoms in total. The van der Waals surface area contributed by atoms with Crippen LogP contribution in [0.15, 0.2) is 6.33 Å². The van der Waals surface area contributed by atoms with E-state index < -0.39 is 0 Å². The predicted octanol–water partition coefficient (Wildman–Crippen LogP) is 2.63. The van der Waals surface area contributed by atoms with Crippen LogP contribution in [-0.2, 0) is 13.0 Å². The Bertz CT molecular complexity index is 389. The minimum Gasteiger partial charge on any atom is -0.330 e. The Hall–Kier alpha value is -0.900. The monoisotopic (exact) mass is 264 g/mol. The summed E-state index contributed by atoms with van der Waals surface area (Å²) in [7, 11) is 0. The maximum absolute atomic E-state index is 6.09. The molecule has 0 unspecified atom stereocenters. The molecule has 0 radical (unpaired) electrons. The number of rotatable bonds is 5. The first-order valence-corrected chi connectivity index (χ1v) is 7.61. The maximum atomic E-state index is 6.09. The number of aromatic nitrogens is 3. The SMILES string of the molecule is CC(C)Cn1ncnc1CC1(CN)CCC(C)CC1. The van der Waals surface area contributed by atoms with Gasteiger partial charge in [-0.1, -0.05) is 33.6 Å². The molecule has 0 amide bonds. The molecule has 108 valence electrons. The van der Waals surface area contributed by atoms with Gasteiger partial charge in [0.05, 0.1) is 0 Å². The highest BCUT2D eigenvalue weighted by atomic mass is 15.3. The van der Waals surface area contributed by atoms with Gasteiger partial charge in [-0.25, -0.2) is 9.67 Å². The lowest BCUT2D eigenvalue weighted by atomic mass is 9.69. The summed E-state index contributed by atoms with van der Waals surface area (Å²) in [6.45, 7) is 8.50. The molecule has 0 saturated heterocycles. The third kappa shape index (κ3) is 3.56. The average molecular weight is 264 g/mol. The molecule has 0 bridgehead atoms. The molecule has 1 aliphatic rings. The summed E-state index contributed by atoms with van der Waals surface area (Å²) < 4.78 is 2.07. The average Bonchev–Trinajstić information content (AvgIpc) is 2.79. The van der Waals surface area contributed by atoms with E-state index in [0.29, 0.717) is 5.92 Å². The highest BCUT2D eigenvalue weighted by Gasteiger charge is 2.34. The normalized spacial score (nSPS) is 27.9. The van der Waals surface area contributed by atoms with Gasteiger partial charge >= 0.3 is 0 Å². The van der Waals surface area contributed by atoms with Crippen LogP contribution in [0, 0.1) is 17.3 Å². The van der Waals surface area contributed by atoms with Gasteiger partial charge in [0, 0.05) is 13.0 Å². The molecule has 0 atom stereocenters. The van der Waals surface area contributed by atoms with E-state index in [2.05, 4.69) is 35.5 Å². The molecule has 1 fully saturated rings. The summed E-state index contributed by atoms with van der Waals surface area (Å²) in [6.07, 6.45) is 7.75. The lowest BCUT2D eigenvalue weighted by molar-refractivity contribution is 0.158. The fourth-order valence-electron chi connectivity index (χ4n) is 3.09. The molecule has 0 spiro atoms. The quantitative estimate of drug-likeness (QED) is 0.889. The van der Waals surface area contributed by atoms with Crippen LogP contribution in [0.1, 0.15) is 52.3 Å². The van der Waals surface area contributed by atoms with Gasteiger partial charge in [-0.15, -0.1) is 0 Å². The second-order valence-electron chi connectivity index (χ2n) is 6.82. The van der Waals surface area contributed by atoms with Crippen LogP contribution in [0.2, 0.25) is 0 Å². The van der Waals surface area contributed by atoms with Crippen LogP contribution in [0.5, 0.6) is 0 Å². The van der Waals surface area contributed by atoms with Crippen molar-refractivity contribution in [3.63, 3.8) is 0 Å². The molecule has 1 aromatic heterocycles. The minimum absolute atomic E-state index is 0.258. The number of hydrogen-bond donors (Lipinski definition) is 1. The van der Waals surface area contributed by atoms with E-state index >= 15 is 0 Å². The van der Waals surface area contributed by atoms with Crippen LogP contribution < -0.4 is 5.73 Å². The van der Waals surface area contributed by atoms with Crippen molar-refractivity contribution in [3.8, 4) is 0 Å². The smallest absolute Gasteiger partial charge is 0.138 e. The van der Waals surface area contributed by atoms with Crippen LogP contribution >= 0.6 is 0 Å². The molecule has 4 heteroatoms. The Morgan fingerprint density at radius 3 is 2.68 bits per heavy atom. The number of nitrogens with zero attached hydrogens (tertiary/aromatic N) is 3. The lowest BCUT2D eigenvalue weighted by Gasteiger charge is -2.38. The molecule has 19 heavy (non-hydrogen) atoms. The van der Waals surface area contributed by atoms with Crippen molar-refractivity contribution in [1.82, 2.24) is 14.8 Å². The van der Waals surface area contributed by atoms with Gasteiger partial charge in [-0.2, -0.15) is 5.10 Å². The van der Waals surface area contributed by atoms with Gasteiger partial charge in [0.2, 0.25) is 0 Å². The third-order valence-electron chi connectivity index (χ3n) is 4.53. The summed E-state index contributed by atoms with van der Waals surface area (Å²) in [4.78, 5) is 4.47. The van der Waals surface area contributed by atoms with Crippen molar-refractivity contribution in [3.05, 3.63) is 12.2 Å². The summed E-state index contributed by atoms with van der Waals surface area (Å²) >= 11 is 0. The first-order chi connectivity index (χ1) is 9.04. The fraction of sp³-hybridized carbons (Fsp3) is 0.867. The van der Waals surface area contributed by atoms with E-state index in [-0.39, 0.29) is 5.41 Å². The second-order valence-corrected chi connectivity index (χ2v) is 6.82. The number of hydrogen-bond acceptors (Lipinski definition) is 3. The Morgan fingerprint density at radius 2 is 2.11 bits per heavy atom. The van der Waals surface area contributed by atoms with E-state index in [0.717, 1.165) is 31.3 Å². The van der Waals surface area contributed by atoms with E-state index in [1.807, 2.05) is 0 Å². The molecule has 1 aliphatic carbocycles. The van der Waals surface area contributed by atoms with Crippen LogP contribution in [0.3, 0.4) is 0 Å². The zero-order valence-electron chi connectivity index (χ0n) is 12.6. The summed E-state index contributed by atoms with van der Waals surface area (Å²) in [5.41, 5.74) is 6.35. The van der Waals surface area contributed by atoms with Gasteiger partial charge < -0.3 is 5.73 Å². The topological polar surface area (TPSA) is 56.7 Å². The fourth-order valence-corrected chi connectivity index (χ4v) is 3.09. The Labute approximate surface area is 116 Å².